The second-order valence-electron chi connectivity index (χ2n) is 5.09. The first-order chi connectivity index (χ1) is 12.1. The number of nitriles is 1. The normalized spacial score (nSPS) is 10.9. The molecular formula is C18H25N3O4. The Morgan fingerprint density at radius 3 is 2.28 bits per heavy atom. The highest BCUT2D eigenvalue weighted by atomic mass is 16.5. The van der Waals surface area contributed by atoms with Gasteiger partial charge in [-0.1, -0.05) is 0 Å². The first-order valence-electron chi connectivity index (χ1n) is 8.02. The summed E-state index contributed by atoms with van der Waals surface area (Å²) in [7, 11) is 3.20. The Labute approximate surface area is 148 Å². The first-order valence-corrected chi connectivity index (χ1v) is 8.02. The number of hydrogen-bond donors (Lipinski definition) is 1. The highest BCUT2D eigenvalue weighted by Gasteiger charge is 2.12. The lowest BCUT2D eigenvalue weighted by Crippen LogP contribution is -2.27. The van der Waals surface area contributed by atoms with Crippen molar-refractivity contribution in [2.45, 2.75) is 6.92 Å². The number of nitrogens with zero attached hydrogens (tertiary/aromatic N) is 2. The van der Waals surface area contributed by atoms with E-state index in [1.165, 1.54) is 6.20 Å². The predicted molar refractivity (Wildman–Crippen MR) is 95.3 cm³/mol. The van der Waals surface area contributed by atoms with Crippen LogP contribution < -0.4 is 10.1 Å². The topological polar surface area (TPSA) is 83.8 Å². The molecule has 136 valence electrons. The van der Waals surface area contributed by atoms with Crippen LogP contribution in [0.25, 0.3) is 0 Å². The second-order valence-corrected chi connectivity index (χ2v) is 5.09. The summed E-state index contributed by atoms with van der Waals surface area (Å²) in [4.78, 5) is 14.1. The maximum absolute atomic E-state index is 12.3. The van der Waals surface area contributed by atoms with Gasteiger partial charge in [-0.2, -0.15) is 5.26 Å². The van der Waals surface area contributed by atoms with Crippen molar-refractivity contribution in [3.8, 4) is 11.8 Å². The fourth-order valence-electron chi connectivity index (χ4n) is 1.98. The second kappa shape index (κ2) is 11.9. The highest BCUT2D eigenvalue weighted by molar-refractivity contribution is 6.06. The molecular weight excluding hydrogens is 322 g/mol. The molecule has 0 fully saturated rings. The number of benzene rings is 1. The van der Waals surface area contributed by atoms with Gasteiger partial charge in [0.25, 0.3) is 5.91 Å². The molecule has 0 atom stereocenters. The zero-order valence-corrected chi connectivity index (χ0v) is 14.9. The van der Waals surface area contributed by atoms with E-state index >= 15 is 0 Å². The van der Waals surface area contributed by atoms with E-state index < -0.39 is 5.91 Å². The number of carbonyl (C=O) groups is 1. The van der Waals surface area contributed by atoms with E-state index in [0.29, 0.717) is 38.6 Å². The average Bonchev–Trinajstić information content (AvgIpc) is 2.63. The van der Waals surface area contributed by atoms with Gasteiger partial charge in [0.05, 0.1) is 19.8 Å². The molecule has 0 saturated heterocycles. The lowest BCUT2D eigenvalue weighted by atomic mass is 10.2. The van der Waals surface area contributed by atoms with Crippen molar-refractivity contribution in [1.29, 1.82) is 5.26 Å². The van der Waals surface area contributed by atoms with E-state index in [4.69, 9.17) is 14.2 Å². The minimum absolute atomic E-state index is 0.0149. The van der Waals surface area contributed by atoms with E-state index in [0.717, 1.165) is 5.75 Å². The fraction of sp³-hybridized carbons (Fsp3) is 0.444. The van der Waals surface area contributed by atoms with Gasteiger partial charge in [-0.25, -0.2) is 0 Å². The number of ether oxygens (including phenoxy) is 3. The van der Waals surface area contributed by atoms with Crippen molar-refractivity contribution >= 4 is 11.6 Å². The summed E-state index contributed by atoms with van der Waals surface area (Å²) in [5, 5.41) is 12.0. The van der Waals surface area contributed by atoms with Crippen molar-refractivity contribution in [3.63, 3.8) is 0 Å². The highest BCUT2D eigenvalue weighted by Crippen LogP contribution is 2.16. The molecule has 0 aliphatic carbocycles. The average molecular weight is 347 g/mol. The smallest absolute Gasteiger partial charge is 0.267 e. The molecule has 0 aliphatic heterocycles. The Hall–Kier alpha value is -2.56. The maximum atomic E-state index is 12.3. The quantitative estimate of drug-likeness (QED) is 0.487. The molecule has 1 amide bonds. The van der Waals surface area contributed by atoms with Crippen LogP contribution in [0.5, 0.6) is 5.75 Å². The molecule has 0 radical (unpaired) electrons. The minimum atomic E-state index is -0.466. The largest absolute Gasteiger partial charge is 0.494 e. The van der Waals surface area contributed by atoms with Crippen molar-refractivity contribution < 1.29 is 19.0 Å². The summed E-state index contributed by atoms with van der Waals surface area (Å²) in [6.45, 7) is 4.56. The molecule has 1 aromatic rings. The third-order valence-electron chi connectivity index (χ3n) is 3.27. The lowest BCUT2D eigenvalue weighted by Gasteiger charge is -2.20. The van der Waals surface area contributed by atoms with Crippen molar-refractivity contribution in [3.05, 3.63) is 36.0 Å². The third kappa shape index (κ3) is 7.70. The van der Waals surface area contributed by atoms with Crippen LogP contribution in [0.1, 0.15) is 6.92 Å². The monoisotopic (exact) mass is 347 g/mol. The molecule has 0 saturated carbocycles. The van der Waals surface area contributed by atoms with Crippen LogP contribution in [0.3, 0.4) is 0 Å². The Balaban J connectivity index is 2.77. The number of rotatable bonds is 11. The molecule has 0 bridgehead atoms. The molecule has 0 heterocycles. The van der Waals surface area contributed by atoms with Gasteiger partial charge < -0.3 is 24.4 Å². The Morgan fingerprint density at radius 2 is 1.80 bits per heavy atom. The van der Waals surface area contributed by atoms with Gasteiger partial charge in [0.1, 0.15) is 17.4 Å². The summed E-state index contributed by atoms with van der Waals surface area (Å²) >= 11 is 0. The number of nitrogens with one attached hydrogen (secondary N) is 1. The van der Waals surface area contributed by atoms with Crippen LogP contribution in [-0.4, -0.2) is 57.9 Å². The van der Waals surface area contributed by atoms with Gasteiger partial charge in [0.15, 0.2) is 0 Å². The summed E-state index contributed by atoms with van der Waals surface area (Å²) < 4.78 is 15.5. The molecule has 0 spiro atoms. The Morgan fingerprint density at radius 1 is 1.20 bits per heavy atom. The van der Waals surface area contributed by atoms with Crippen LogP contribution in [-0.2, 0) is 14.3 Å². The van der Waals surface area contributed by atoms with Crippen molar-refractivity contribution in [2.24, 2.45) is 0 Å². The van der Waals surface area contributed by atoms with E-state index in [2.05, 4.69) is 5.32 Å². The lowest BCUT2D eigenvalue weighted by molar-refractivity contribution is -0.112. The molecule has 25 heavy (non-hydrogen) atoms. The van der Waals surface area contributed by atoms with E-state index in [1.54, 1.807) is 38.5 Å². The number of hydrogen-bond acceptors (Lipinski definition) is 6. The van der Waals surface area contributed by atoms with Gasteiger partial charge in [-0.05, 0) is 31.2 Å². The van der Waals surface area contributed by atoms with Crippen LogP contribution in [0.15, 0.2) is 36.0 Å². The Kier molecular flexibility index (Phi) is 9.75. The van der Waals surface area contributed by atoms with Crippen molar-refractivity contribution in [1.82, 2.24) is 4.90 Å². The molecule has 7 nitrogen and oxygen atoms in total. The molecule has 0 unspecified atom stereocenters. The van der Waals surface area contributed by atoms with E-state index in [1.807, 2.05) is 17.9 Å². The predicted octanol–water partition coefficient (Wildman–Crippen LogP) is 2.03. The molecule has 0 aromatic heterocycles. The van der Waals surface area contributed by atoms with E-state index in [-0.39, 0.29) is 5.57 Å². The fourth-order valence-corrected chi connectivity index (χ4v) is 1.98. The van der Waals surface area contributed by atoms with Gasteiger partial charge in [-0.3, -0.25) is 4.79 Å². The zero-order chi connectivity index (χ0) is 18.5. The van der Waals surface area contributed by atoms with Crippen LogP contribution >= 0.6 is 0 Å². The summed E-state index contributed by atoms with van der Waals surface area (Å²) in [6, 6.07) is 8.92. The number of carbonyl (C=O) groups excluding carboxylic acids is 1. The molecule has 1 N–H and O–H groups in total. The zero-order valence-electron chi connectivity index (χ0n) is 14.9. The van der Waals surface area contributed by atoms with E-state index in [9.17, 15) is 10.1 Å². The van der Waals surface area contributed by atoms with Gasteiger partial charge in [-0.15, -0.1) is 0 Å². The van der Waals surface area contributed by atoms with Crippen LogP contribution in [0.4, 0.5) is 5.69 Å². The standard InChI is InChI=1S/C18H25N3O4/c1-4-25-17-7-5-16(6-8-17)20-18(22)15(13-19)14-21(9-11-23-2)10-12-24-3/h5-8,14H,4,9-12H2,1-3H3,(H,20,22)/b15-14-. The summed E-state index contributed by atoms with van der Waals surface area (Å²) in [5.41, 5.74) is 0.607. The summed E-state index contributed by atoms with van der Waals surface area (Å²) in [6.07, 6.45) is 1.53. The summed E-state index contributed by atoms with van der Waals surface area (Å²) in [5.74, 6) is 0.258. The molecule has 0 aliphatic rings. The van der Waals surface area contributed by atoms with Crippen LogP contribution in [0.2, 0.25) is 0 Å². The Bertz CT molecular complexity index is 585. The van der Waals surface area contributed by atoms with Gasteiger partial charge in [0.2, 0.25) is 0 Å². The third-order valence-corrected chi connectivity index (χ3v) is 3.27. The number of anilines is 1. The van der Waals surface area contributed by atoms with Crippen LogP contribution in [0, 0.1) is 11.3 Å². The molecule has 1 aromatic carbocycles. The number of amides is 1. The first kappa shape index (κ1) is 20.5. The van der Waals surface area contributed by atoms with Crippen molar-refractivity contribution in [2.75, 3.05) is 52.4 Å². The maximum Gasteiger partial charge on any atom is 0.267 e. The molecule has 7 heteroatoms. The minimum Gasteiger partial charge on any atom is -0.494 e. The number of methoxy groups -OCH3 is 2. The molecule has 1 rings (SSSR count). The van der Waals surface area contributed by atoms with Gasteiger partial charge >= 0.3 is 0 Å². The van der Waals surface area contributed by atoms with Gasteiger partial charge in [0, 0.05) is 39.2 Å². The SMILES string of the molecule is CCOc1ccc(NC(=O)/C(C#N)=C\N(CCOC)CCOC)cc1.